The van der Waals surface area contributed by atoms with Crippen LogP contribution in [-0.2, 0) is 0 Å². The summed E-state index contributed by atoms with van der Waals surface area (Å²) in [5.41, 5.74) is -0.397. The van der Waals surface area contributed by atoms with Crippen molar-refractivity contribution in [2.45, 2.75) is 44.1 Å². The van der Waals surface area contributed by atoms with E-state index in [2.05, 4.69) is 4.90 Å². The molecular weight excluding hydrogens is 190 g/mol. The Morgan fingerprint density at radius 1 is 1.13 bits per heavy atom. The van der Waals surface area contributed by atoms with Crippen LogP contribution in [0, 0.1) is 5.92 Å². The minimum atomic E-state index is -0.397. The van der Waals surface area contributed by atoms with Crippen LogP contribution in [0.1, 0.15) is 38.5 Å². The standard InChI is InChI=1S/C12H23NO2/c14-9-11-3-7-13(8-4-11)10-12(15)5-1-2-6-12/h11,14-15H,1-10H2. The molecule has 3 nitrogen and oxygen atoms in total. The third-order valence-electron chi connectivity index (χ3n) is 4.02. The molecule has 0 unspecified atom stereocenters. The highest BCUT2D eigenvalue weighted by Crippen LogP contribution is 2.31. The zero-order valence-electron chi connectivity index (χ0n) is 9.49. The minimum absolute atomic E-state index is 0.331. The van der Waals surface area contributed by atoms with Crippen molar-refractivity contribution in [1.82, 2.24) is 4.90 Å². The van der Waals surface area contributed by atoms with Gasteiger partial charge in [0, 0.05) is 13.2 Å². The molecule has 0 aromatic heterocycles. The molecule has 1 saturated carbocycles. The van der Waals surface area contributed by atoms with E-state index >= 15 is 0 Å². The Kier molecular flexibility index (Phi) is 3.65. The molecule has 0 aromatic rings. The highest BCUT2D eigenvalue weighted by atomic mass is 16.3. The number of piperidine rings is 1. The zero-order valence-corrected chi connectivity index (χ0v) is 9.49. The first-order chi connectivity index (χ1) is 7.22. The Hall–Kier alpha value is -0.120. The fraction of sp³-hybridized carbons (Fsp3) is 1.00. The number of nitrogens with zero attached hydrogens (tertiary/aromatic N) is 1. The summed E-state index contributed by atoms with van der Waals surface area (Å²) in [5, 5.41) is 19.3. The number of hydrogen-bond acceptors (Lipinski definition) is 3. The van der Waals surface area contributed by atoms with E-state index in [4.69, 9.17) is 5.11 Å². The Labute approximate surface area is 92.1 Å². The van der Waals surface area contributed by atoms with Crippen LogP contribution in [0.4, 0.5) is 0 Å². The molecule has 0 bridgehead atoms. The van der Waals surface area contributed by atoms with E-state index in [0.29, 0.717) is 12.5 Å². The molecule has 2 aliphatic rings. The van der Waals surface area contributed by atoms with Gasteiger partial charge in [0.2, 0.25) is 0 Å². The molecule has 0 atom stereocenters. The molecule has 1 heterocycles. The Balaban J connectivity index is 1.76. The number of aliphatic hydroxyl groups is 2. The van der Waals surface area contributed by atoms with Crippen molar-refractivity contribution in [2.24, 2.45) is 5.92 Å². The molecule has 15 heavy (non-hydrogen) atoms. The fourth-order valence-electron chi connectivity index (χ4n) is 2.93. The van der Waals surface area contributed by atoms with Crippen LogP contribution < -0.4 is 0 Å². The van der Waals surface area contributed by atoms with Crippen LogP contribution in [0.3, 0.4) is 0 Å². The highest BCUT2D eigenvalue weighted by Gasteiger charge is 2.33. The second-order valence-electron chi connectivity index (χ2n) is 5.33. The molecule has 1 saturated heterocycles. The van der Waals surface area contributed by atoms with Gasteiger partial charge in [0.25, 0.3) is 0 Å². The first-order valence-electron chi connectivity index (χ1n) is 6.27. The number of β-amino-alcohol motifs (C(OH)–C–C–N with tert-alkyl or cyclic N) is 1. The molecule has 88 valence electrons. The quantitative estimate of drug-likeness (QED) is 0.735. The summed E-state index contributed by atoms with van der Waals surface area (Å²) >= 11 is 0. The van der Waals surface area contributed by atoms with Crippen LogP contribution in [0.15, 0.2) is 0 Å². The van der Waals surface area contributed by atoms with Gasteiger partial charge >= 0.3 is 0 Å². The molecule has 0 spiro atoms. The predicted molar refractivity (Wildman–Crippen MR) is 59.7 cm³/mol. The largest absolute Gasteiger partial charge is 0.396 e. The third kappa shape index (κ3) is 2.92. The summed E-state index contributed by atoms with van der Waals surface area (Å²) in [6, 6.07) is 0. The average Bonchev–Trinajstić information content (AvgIpc) is 2.66. The molecule has 2 rings (SSSR count). The van der Waals surface area contributed by atoms with E-state index in [0.717, 1.165) is 45.3 Å². The predicted octanol–water partition coefficient (Wildman–Crippen LogP) is 0.996. The maximum atomic E-state index is 10.3. The second-order valence-corrected chi connectivity index (χ2v) is 5.33. The maximum Gasteiger partial charge on any atom is 0.0774 e. The van der Waals surface area contributed by atoms with Crippen molar-refractivity contribution in [2.75, 3.05) is 26.2 Å². The normalized spacial score (nSPS) is 28.4. The summed E-state index contributed by atoms with van der Waals surface area (Å²) in [5.74, 6) is 0.500. The topological polar surface area (TPSA) is 43.7 Å². The lowest BCUT2D eigenvalue weighted by molar-refractivity contribution is -0.00260. The maximum absolute atomic E-state index is 10.3. The van der Waals surface area contributed by atoms with Crippen molar-refractivity contribution < 1.29 is 10.2 Å². The summed E-state index contributed by atoms with van der Waals surface area (Å²) in [7, 11) is 0. The third-order valence-corrected chi connectivity index (χ3v) is 4.02. The van der Waals surface area contributed by atoms with Gasteiger partial charge in [-0.25, -0.2) is 0 Å². The van der Waals surface area contributed by atoms with Gasteiger partial charge in [-0.2, -0.15) is 0 Å². The number of rotatable bonds is 3. The van der Waals surface area contributed by atoms with Gasteiger partial charge in [-0.3, -0.25) is 0 Å². The fourth-order valence-corrected chi connectivity index (χ4v) is 2.93. The summed E-state index contributed by atoms with van der Waals surface area (Å²) in [4.78, 5) is 2.37. The number of likely N-dealkylation sites (tertiary alicyclic amines) is 1. The molecule has 2 N–H and O–H groups in total. The van der Waals surface area contributed by atoms with E-state index < -0.39 is 5.60 Å². The Bertz CT molecular complexity index is 194. The molecular formula is C12H23NO2. The van der Waals surface area contributed by atoms with Gasteiger partial charge in [-0.15, -0.1) is 0 Å². The van der Waals surface area contributed by atoms with E-state index in [1.165, 1.54) is 12.8 Å². The molecule has 2 fully saturated rings. The lowest BCUT2D eigenvalue weighted by Gasteiger charge is -2.36. The van der Waals surface area contributed by atoms with Crippen LogP contribution in [0.5, 0.6) is 0 Å². The van der Waals surface area contributed by atoms with Gasteiger partial charge in [-0.05, 0) is 44.7 Å². The van der Waals surface area contributed by atoms with Gasteiger partial charge in [-0.1, -0.05) is 12.8 Å². The molecule has 0 amide bonds. The molecule has 0 radical (unpaired) electrons. The first kappa shape index (κ1) is 11.4. The summed E-state index contributed by atoms with van der Waals surface area (Å²) in [6.45, 7) is 3.28. The van der Waals surface area contributed by atoms with Crippen LogP contribution >= 0.6 is 0 Å². The van der Waals surface area contributed by atoms with Gasteiger partial charge in [0.1, 0.15) is 0 Å². The van der Waals surface area contributed by atoms with E-state index in [9.17, 15) is 5.11 Å². The van der Waals surface area contributed by atoms with Crippen LogP contribution in [-0.4, -0.2) is 47.0 Å². The lowest BCUT2D eigenvalue weighted by atomic mass is 9.95. The zero-order chi connectivity index (χ0) is 10.7. The molecule has 0 aromatic carbocycles. The molecule has 1 aliphatic carbocycles. The van der Waals surface area contributed by atoms with E-state index in [1.54, 1.807) is 0 Å². The Morgan fingerprint density at radius 2 is 1.73 bits per heavy atom. The van der Waals surface area contributed by atoms with Crippen LogP contribution in [0.25, 0.3) is 0 Å². The summed E-state index contributed by atoms with van der Waals surface area (Å²) < 4.78 is 0. The van der Waals surface area contributed by atoms with Crippen molar-refractivity contribution in [3.8, 4) is 0 Å². The van der Waals surface area contributed by atoms with Crippen molar-refractivity contribution in [3.05, 3.63) is 0 Å². The van der Waals surface area contributed by atoms with E-state index in [1.807, 2.05) is 0 Å². The monoisotopic (exact) mass is 213 g/mol. The van der Waals surface area contributed by atoms with Crippen molar-refractivity contribution in [1.29, 1.82) is 0 Å². The first-order valence-corrected chi connectivity index (χ1v) is 6.27. The van der Waals surface area contributed by atoms with Gasteiger partial charge < -0.3 is 15.1 Å². The second kappa shape index (κ2) is 4.81. The highest BCUT2D eigenvalue weighted by molar-refractivity contribution is 4.88. The average molecular weight is 213 g/mol. The number of aliphatic hydroxyl groups excluding tert-OH is 1. The van der Waals surface area contributed by atoms with Crippen molar-refractivity contribution >= 4 is 0 Å². The van der Waals surface area contributed by atoms with E-state index in [-0.39, 0.29) is 0 Å². The van der Waals surface area contributed by atoms with Crippen LogP contribution in [0.2, 0.25) is 0 Å². The molecule has 1 aliphatic heterocycles. The number of hydrogen-bond donors (Lipinski definition) is 2. The molecule has 3 heteroatoms. The van der Waals surface area contributed by atoms with Gasteiger partial charge in [0.05, 0.1) is 5.60 Å². The SMILES string of the molecule is OCC1CCN(CC2(O)CCCC2)CC1. The lowest BCUT2D eigenvalue weighted by Crippen LogP contribution is -2.45. The minimum Gasteiger partial charge on any atom is -0.396 e. The smallest absolute Gasteiger partial charge is 0.0774 e. The van der Waals surface area contributed by atoms with Crippen molar-refractivity contribution in [3.63, 3.8) is 0 Å². The van der Waals surface area contributed by atoms with Gasteiger partial charge in [0.15, 0.2) is 0 Å². The summed E-state index contributed by atoms with van der Waals surface area (Å²) in [6.07, 6.45) is 6.51. The Morgan fingerprint density at radius 3 is 2.27 bits per heavy atom.